The number of thiazole rings is 1. The first-order chi connectivity index (χ1) is 9.29. The molecule has 0 saturated carbocycles. The fourth-order valence-corrected chi connectivity index (χ4v) is 2.16. The number of rotatable bonds is 7. The van der Waals surface area contributed by atoms with Crippen molar-refractivity contribution in [2.45, 2.75) is 19.8 Å². The van der Waals surface area contributed by atoms with Crippen LogP contribution in [-0.4, -0.2) is 39.3 Å². The van der Waals surface area contributed by atoms with Crippen LogP contribution < -0.4 is 5.32 Å². The predicted octanol–water partition coefficient (Wildman–Crippen LogP) is 1.48. The van der Waals surface area contributed by atoms with Gasteiger partial charge in [-0.3, -0.25) is 5.10 Å². The van der Waals surface area contributed by atoms with Crippen molar-refractivity contribution in [1.29, 1.82) is 0 Å². The Morgan fingerprint density at radius 1 is 1.58 bits per heavy atom. The summed E-state index contributed by atoms with van der Waals surface area (Å²) in [6.45, 7) is 2.89. The molecule has 0 radical (unpaired) electrons. The third-order valence-corrected chi connectivity index (χ3v) is 3.12. The van der Waals surface area contributed by atoms with Crippen LogP contribution >= 0.6 is 11.3 Å². The van der Waals surface area contributed by atoms with Gasteiger partial charge in [0.1, 0.15) is 12.2 Å². The highest BCUT2D eigenvalue weighted by molar-refractivity contribution is 7.13. The summed E-state index contributed by atoms with van der Waals surface area (Å²) in [7, 11) is 0. The predicted molar refractivity (Wildman–Crippen MR) is 71.3 cm³/mol. The molecule has 0 fully saturated rings. The number of H-pyrrole nitrogens is 1. The Kier molecular flexibility index (Phi) is 4.85. The van der Waals surface area contributed by atoms with Crippen molar-refractivity contribution in [2.75, 3.05) is 18.5 Å². The van der Waals surface area contributed by atoms with E-state index in [-0.39, 0.29) is 5.97 Å². The van der Waals surface area contributed by atoms with Crippen molar-refractivity contribution in [3.8, 4) is 0 Å². The highest BCUT2D eigenvalue weighted by atomic mass is 32.1. The van der Waals surface area contributed by atoms with Crippen LogP contribution in [-0.2, 0) is 11.2 Å². The molecular weight excluding hydrogens is 266 g/mol. The van der Waals surface area contributed by atoms with E-state index in [9.17, 15) is 4.79 Å². The van der Waals surface area contributed by atoms with Gasteiger partial charge in [0.05, 0.1) is 6.61 Å². The normalized spacial score (nSPS) is 10.4. The highest BCUT2D eigenvalue weighted by Gasteiger charge is 2.10. The number of anilines is 1. The van der Waals surface area contributed by atoms with E-state index in [1.165, 1.54) is 17.7 Å². The number of hydrogen-bond donors (Lipinski definition) is 2. The van der Waals surface area contributed by atoms with E-state index in [1.807, 2.05) is 0 Å². The molecule has 0 atom stereocenters. The van der Waals surface area contributed by atoms with E-state index in [1.54, 1.807) is 12.3 Å². The molecule has 0 amide bonds. The summed E-state index contributed by atoms with van der Waals surface area (Å²) in [6, 6.07) is 0. The lowest BCUT2D eigenvalue weighted by atomic mass is 10.3. The van der Waals surface area contributed by atoms with Crippen LogP contribution in [0.2, 0.25) is 0 Å². The summed E-state index contributed by atoms with van der Waals surface area (Å²) in [5, 5.41) is 12.2. The van der Waals surface area contributed by atoms with E-state index in [0.717, 1.165) is 30.3 Å². The molecule has 0 aromatic carbocycles. The van der Waals surface area contributed by atoms with Crippen LogP contribution in [0.3, 0.4) is 0 Å². The fraction of sp³-hybridized carbons (Fsp3) is 0.455. The lowest BCUT2D eigenvalue weighted by Crippen LogP contribution is -2.06. The van der Waals surface area contributed by atoms with Gasteiger partial charge in [0.15, 0.2) is 10.8 Å². The SMILES string of the molecule is CCOC(=O)c1csc(NCCCc2ncn[nH]2)n1. The molecule has 2 N–H and O–H groups in total. The third kappa shape index (κ3) is 4.02. The maximum Gasteiger partial charge on any atom is 0.357 e. The lowest BCUT2D eigenvalue weighted by Gasteiger charge is -2.00. The van der Waals surface area contributed by atoms with E-state index in [4.69, 9.17) is 4.74 Å². The summed E-state index contributed by atoms with van der Waals surface area (Å²) in [6.07, 6.45) is 3.22. The minimum Gasteiger partial charge on any atom is -0.461 e. The summed E-state index contributed by atoms with van der Waals surface area (Å²) in [5.41, 5.74) is 0.351. The van der Waals surface area contributed by atoms with Crippen LogP contribution in [0, 0.1) is 0 Å². The summed E-state index contributed by atoms with van der Waals surface area (Å²) >= 11 is 1.39. The molecule has 0 aliphatic rings. The molecule has 0 spiro atoms. The quantitative estimate of drug-likeness (QED) is 0.590. The van der Waals surface area contributed by atoms with E-state index in [2.05, 4.69) is 25.5 Å². The zero-order valence-electron chi connectivity index (χ0n) is 10.5. The van der Waals surface area contributed by atoms with Gasteiger partial charge in [-0.15, -0.1) is 11.3 Å². The highest BCUT2D eigenvalue weighted by Crippen LogP contribution is 2.16. The topological polar surface area (TPSA) is 92.8 Å². The van der Waals surface area contributed by atoms with Gasteiger partial charge >= 0.3 is 5.97 Å². The molecule has 2 aromatic heterocycles. The smallest absolute Gasteiger partial charge is 0.357 e. The number of aryl methyl sites for hydroxylation is 1. The Hall–Kier alpha value is -1.96. The molecule has 0 saturated heterocycles. The van der Waals surface area contributed by atoms with Gasteiger partial charge in [-0.2, -0.15) is 5.10 Å². The Labute approximate surface area is 114 Å². The first-order valence-corrected chi connectivity index (χ1v) is 6.88. The molecule has 2 heterocycles. The number of aromatic nitrogens is 4. The Morgan fingerprint density at radius 3 is 3.21 bits per heavy atom. The summed E-state index contributed by atoms with van der Waals surface area (Å²) in [4.78, 5) is 19.6. The Bertz CT molecular complexity index is 511. The molecule has 102 valence electrons. The monoisotopic (exact) mass is 281 g/mol. The molecule has 2 rings (SSSR count). The van der Waals surface area contributed by atoms with Crippen molar-refractivity contribution in [3.05, 3.63) is 23.2 Å². The van der Waals surface area contributed by atoms with E-state index < -0.39 is 0 Å². The van der Waals surface area contributed by atoms with Crippen molar-refractivity contribution in [1.82, 2.24) is 20.2 Å². The average molecular weight is 281 g/mol. The van der Waals surface area contributed by atoms with Crippen molar-refractivity contribution >= 4 is 22.4 Å². The second-order valence-corrected chi connectivity index (χ2v) is 4.58. The van der Waals surface area contributed by atoms with Crippen LogP contribution in [0.4, 0.5) is 5.13 Å². The van der Waals surface area contributed by atoms with Gasteiger partial charge in [0, 0.05) is 18.3 Å². The largest absolute Gasteiger partial charge is 0.461 e. The Balaban J connectivity index is 1.72. The van der Waals surface area contributed by atoms with Gasteiger partial charge in [-0.05, 0) is 13.3 Å². The summed E-state index contributed by atoms with van der Waals surface area (Å²) < 4.78 is 4.87. The number of nitrogens with one attached hydrogen (secondary N) is 2. The number of carbonyl (C=O) groups excluding carboxylic acids is 1. The molecule has 0 aliphatic carbocycles. The average Bonchev–Trinajstić information content (AvgIpc) is 3.06. The Morgan fingerprint density at radius 2 is 2.47 bits per heavy atom. The number of esters is 1. The number of nitrogens with zero attached hydrogens (tertiary/aromatic N) is 3. The standard InChI is InChI=1S/C11H15N5O2S/c1-2-18-10(17)8-6-19-11(15-8)12-5-3-4-9-13-7-14-16-9/h6-7H,2-5H2,1H3,(H,12,15)(H,13,14,16). The molecule has 7 nitrogen and oxygen atoms in total. The van der Waals surface area contributed by atoms with Gasteiger partial charge < -0.3 is 10.1 Å². The number of aromatic amines is 1. The maximum atomic E-state index is 11.4. The molecule has 19 heavy (non-hydrogen) atoms. The maximum absolute atomic E-state index is 11.4. The second-order valence-electron chi connectivity index (χ2n) is 3.72. The molecule has 2 aromatic rings. The number of ether oxygens (including phenoxy) is 1. The minimum atomic E-state index is -0.381. The van der Waals surface area contributed by atoms with Gasteiger partial charge in [-0.25, -0.2) is 14.8 Å². The van der Waals surface area contributed by atoms with Crippen molar-refractivity contribution in [3.63, 3.8) is 0 Å². The van der Waals surface area contributed by atoms with Crippen LogP contribution in [0.25, 0.3) is 0 Å². The number of carbonyl (C=O) groups is 1. The van der Waals surface area contributed by atoms with Gasteiger partial charge in [0.2, 0.25) is 0 Å². The van der Waals surface area contributed by atoms with Crippen LogP contribution in [0.5, 0.6) is 0 Å². The molecule has 0 aliphatic heterocycles. The zero-order valence-corrected chi connectivity index (χ0v) is 11.4. The van der Waals surface area contributed by atoms with Crippen LogP contribution in [0.1, 0.15) is 29.7 Å². The first kappa shape index (κ1) is 13.5. The first-order valence-electron chi connectivity index (χ1n) is 6.00. The zero-order chi connectivity index (χ0) is 13.5. The third-order valence-electron chi connectivity index (χ3n) is 2.32. The van der Waals surface area contributed by atoms with Gasteiger partial charge in [-0.1, -0.05) is 0 Å². The molecule has 0 unspecified atom stereocenters. The molecular formula is C11H15N5O2S. The van der Waals surface area contributed by atoms with Crippen LogP contribution in [0.15, 0.2) is 11.7 Å². The molecule has 8 heteroatoms. The van der Waals surface area contributed by atoms with E-state index >= 15 is 0 Å². The van der Waals surface area contributed by atoms with E-state index in [0.29, 0.717) is 12.3 Å². The fourth-order valence-electron chi connectivity index (χ4n) is 1.46. The second kappa shape index (κ2) is 6.83. The van der Waals surface area contributed by atoms with Gasteiger partial charge in [0.25, 0.3) is 0 Å². The molecule has 0 bridgehead atoms. The minimum absolute atomic E-state index is 0.351. The van der Waals surface area contributed by atoms with Crippen molar-refractivity contribution < 1.29 is 9.53 Å². The number of hydrogen-bond acceptors (Lipinski definition) is 7. The summed E-state index contributed by atoms with van der Waals surface area (Å²) in [5.74, 6) is 0.488. The lowest BCUT2D eigenvalue weighted by molar-refractivity contribution is 0.0520. The van der Waals surface area contributed by atoms with Crippen molar-refractivity contribution in [2.24, 2.45) is 0 Å².